The molecule has 3 heterocycles. The maximum atomic E-state index is 5.72. The minimum Gasteiger partial charge on any atom is -0.340 e. The predicted octanol–water partition coefficient (Wildman–Crippen LogP) is 2.24. The van der Waals surface area contributed by atoms with Gasteiger partial charge >= 0.3 is 0 Å². The smallest absolute Gasteiger partial charge is 0.122 e. The van der Waals surface area contributed by atoms with Crippen LogP contribution in [0, 0.1) is 0 Å². The van der Waals surface area contributed by atoms with Gasteiger partial charge in [-0.3, -0.25) is 9.97 Å². The van der Waals surface area contributed by atoms with Crippen LogP contribution >= 0.6 is 11.6 Å². The summed E-state index contributed by atoms with van der Waals surface area (Å²) < 4.78 is 0. The molecule has 0 aliphatic carbocycles. The van der Waals surface area contributed by atoms with Crippen molar-refractivity contribution in [1.82, 2.24) is 19.9 Å². The third kappa shape index (κ3) is 1.26. The van der Waals surface area contributed by atoms with Crippen LogP contribution in [0.25, 0.3) is 22.1 Å². The molecule has 0 saturated carbocycles. The van der Waals surface area contributed by atoms with Crippen LogP contribution in [0.1, 0.15) is 5.82 Å². The zero-order valence-corrected chi connectivity index (χ0v) is 8.49. The average Bonchev–Trinajstić information content (AvgIpc) is 2.72. The summed E-state index contributed by atoms with van der Waals surface area (Å²) in [4.78, 5) is 16.0. The Morgan fingerprint density at radius 1 is 1.27 bits per heavy atom. The zero-order valence-electron chi connectivity index (χ0n) is 7.74. The number of alkyl halides is 1. The Kier molecular flexibility index (Phi) is 1.82. The van der Waals surface area contributed by atoms with E-state index in [0.717, 1.165) is 27.9 Å². The lowest BCUT2D eigenvalue weighted by atomic mass is 10.3. The van der Waals surface area contributed by atoms with Gasteiger partial charge in [0.05, 0.1) is 23.1 Å². The summed E-state index contributed by atoms with van der Waals surface area (Å²) in [5.74, 6) is 1.11. The number of aromatic nitrogens is 4. The largest absolute Gasteiger partial charge is 0.340 e. The summed E-state index contributed by atoms with van der Waals surface area (Å²) in [6.07, 6.45) is 3.49. The first-order valence-electron chi connectivity index (χ1n) is 4.53. The van der Waals surface area contributed by atoms with Gasteiger partial charge in [-0.05, 0) is 12.1 Å². The Morgan fingerprint density at radius 2 is 2.20 bits per heavy atom. The van der Waals surface area contributed by atoms with Crippen LogP contribution in [0.2, 0.25) is 0 Å². The van der Waals surface area contributed by atoms with Crippen molar-refractivity contribution in [1.29, 1.82) is 0 Å². The van der Waals surface area contributed by atoms with Gasteiger partial charge in [0.2, 0.25) is 0 Å². The lowest BCUT2D eigenvalue weighted by Crippen LogP contribution is -1.83. The van der Waals surface area contributed by atoms with E-state index in [2.05, 4.69) is 19.9 Å². The van der Waals surface area contributed by atoms with Crippen molar-refractivity contribution in [3.05, 3.63) is 30.4 Å². The van der Waals surface area contributed by atoms with Gasteiger partial charge in [-0.25, -0.2) is 4.98 Å². The number of H-pyrrole nitrogens is 1. The molecular weight excluding hydrogens is 212 g/mol. The molecule has 15 heavy (non-hydrogen) atoms. The molecule has 0 spiro atoms. The SMILES string of the molecule is ClCc1nc2c(cnc3cccnc32)[nH]1. The molecule has 0 unspecified atom stereocenters. The fourth-order valence-electron chi connectivity index (χ4n) is 1.59. The second-order valence-corrected chi connectivity index (χ2v) is 3.48. The number of pyridine rings is 2. The first kappa shape index (κ1) is 8.61. The molecule has 0 radical (unpaired) electrons. The van der Waals surface area contributed by atoms with Crippen molar-refractivity contribution in [3.8, 4) is 0 Å². The van der Waals surface area contributed by atoms with Crippen LogP contribution in [0.3, 0.4) is 0 Å². The molecule has 0 amide bonds. The normalized spacial score (nSPS) is 11.3. The lowest BCUT2D eigenvalue weighted by molar-refractivity contribution is 1.13. The predicted molar refractivity (Wildman–Crippen MR) is 58.7 cm³/mol. The van der Waals surface area contributed by atoms with Crippen molar-refractivity contribution >= 4 is 33.7 Å². The van der Waals surface area contributed by atoms with Crippen LogP contribution in [-0.4, -0.2) is 19.9 Å². The Hall–Kier alpha value is -1.68. The second kappa shape index (κ2) is 3.17. The Bertz CT molecular complexity index is 631. The van der Waals surface area contributed by atoms with E-state index in [1.165, 1.54) is 0 Å². The Morgan fingerprint density at radius 3 is 3.07 bits per heavy atom. The van der Waals surface area contributed by atoms with Gasteiger partial charge in [0, 0.05) is 6.20 Å². The summed E-state index contributed by atoms with van der Waals surface area (Å²) in [6, 6.07) is 3.77. The highest BCUT2D eigenvalue weighted by Gasteiger charge is 2.07. The molecule has 0 bridgehead atoms. The van der Waals surface area contributed by atoms with Gasteiger partial charge in [0.1, 0.15) is 16.9 Å². The maximum Gasteiger partial charge on any atom is 0.122 e. The van der Waals surface area contributed by atoms with E-state index in [4.69, 9.17) is 11.6 Å². The third-order valence-electron chi connectivity index (χ3n) is 2.25. The van der Waals surface area contributed by atoms with Crippen LogP contribution < -0.4 is 0 Å². The molecule has 1 N–H and O–H groups in total. The van der Waals surface area contributed by atoms with Gasteiger partial charge in [-0.1, -0.05) is 0 Å². The monoisotopic (exact) mass is 218 g/mol. The molecule has 0 aromatic carbocycles. The number of fused-ring (bicyclic) bond motifs is 3. The van der Waals surface area contributed by atoms with E-state index in [1.54, 1.807) is 12.4 Å². The van der Waals surface area contributed by atoms with E-state index >= 15 is 0 Å². The number of halogens is 1. The van der Waals surface area contributed by atoms with Crippen molar-refractivity contribution in [2.75, 3.05) is 0 Å². The highest BCUT2D eigenvalue weighted by Crippen LogP contribution is 2.19. The summed E-state index contributed by atoms with van der Waals surface area (Å²) in [5, 5.41) is 0. The van der Waals surface area contributed by atoms with E-state index in [1.807, 2.05) is 12.1 Å². The summed E-state index contributed by atoms with van der Waals surface area (Å²) in [6.45, 7) is 0. The average molecular weight is 219 g/mol. The molecule has 3 aromatic rings. The first-order chi connectivity index (χ1) is 7.38. The second-order valence-electron chi connectivity index (χ2n) is 3.21. The topological polar surface area (TPSA) is 54.5 Å². The number of nitrogens with one attached hydrogen (secondary N) is 1. The van der Waals surface area contributed by atoms with Crippen LogP contribution in [0.4, 0.5) is 0 Å². The standard InChI is InChI=1S/C10H7ClN4/c11-4-8-14-7-5-13-6-2-1-3-12-9(6)10(7)15-8/h1-3,5H,4H2,(H,14,15). The minimum absolute atomic E-state index is 0.364. The van der Waals surface area contributed by atoms with Crippen LogP contribution in [0.15, 0.2) is 24.5 Å². The van der Waals surface area contributed by atoms with E-state index in [0.29, 0.717) is 5.88 Å². The number of aromatic amines is 1. The summed E-state index contributed by atoms with van der Waals surface area (Å²) in [5.41, 5.74) is 3.35. The highest BCUT2D eigenvalue weighted by molar-refractivity contribution is 6.17. The molecule has 0 saturated heterocycles. The van der Waals surface area contributed by atoms with Crippen molar-refractivity contribution in [2.45, 2.75) is 5.88 Å². The summed E-state index contributed by atoms with van der Waals surface area (Å²) in [7, 11) is 0. The first-order valence-corrected chi connectivity index (χ1v) is 5.06. The molecule has 74 valence electrons. The molecule has 4 nitrogen and oxygen atoms in total. The Labute approximate surface area is 90.3 Å². The van der Waals surface area contributed by atoms with Gasteiger partial charge in [-0.2, -0.15) is 0 Å². The molecule has 3 aromatic heterocycles. The van der Waals surface area contributed by atoms with E-state index in [-0.39, 0.29) is 0 Å². The van der Waals surface area contributed by atoms with Gasteiger partial charge in [0.15, 0.2) is 0 Å². The highest BCUT2D eigenvalue weighted by atomic mass is 35.5. The zero-order chi connectivity index (χ0) is 10.3. The number of hydrogen-bond acceptors (Lipinski definition) is 3. The van der Waals surface area contributed by atoms with Gasteiger partial charge < -0.3 is 4.98 Å². The molecule has 0 aliphatic heterocycles. The molecule has 0 atom stereocenters. The number of nitrogens with zero attached hydrogens (tertiary/aromatic N) is 3. The molecule has 0 fully saturated rings. The number of rotatable bonds is 1. The van der Waals surface area contributed by atoms with Crippen molar-refractivity contribution < 1.29 is 0 Å². The number of hydrogen-bond donors (Lipinski definition) is 1. The third-order valence-corrected chi connectivity index (χ3v) is 2.50. The van der Waals surface area contributed by atoms with Gasteiger partial charge in [-0.15, -0.1) is 11.6 Å². The Balaban J connectivity index is 2.47. The van der Waals surface area contributed by atoms with E-state index < -0.39 is 0 Å². The maximum absolute atomic E-state index is 5.72. The molecule has 0 aliphatic rings. The molecule has 3 rings (SSSR count). The summed E-state index contributed by atoms with van der Waals surface area (Å²) >= 11 is 5.72. The fourth-order valence-corrected chi connectivity index (χ4v) is 1.72. The van der Waals surface area contributed by atoms with Crippen LogP contribution in [-0.2, 0) is 5.88 Å². The number of imidazole rings is 1. The quantitative estimate of drug-likeness (QED) is 0.638. The lowest BCUT2D eigenvalue weighted by Gasteiger charge is -1.94. The molecular formula is C10H7ClN4. The fraction of sp³-hybridized carbons (Fsp3) is 0.100. The van der Waals surface area contributed by atoms with E-state index in [9.17, 15) is 0 Å². The van der Waals surface area contributed by atoms with Gasteiger partial charge in [0.25, 0.3) is 0 Å². The van der Waals surface area contributed by atoms with Crippen molar-refractivity contribution in [2.24, 2.45) is 0 Å². The van der Waals surface area contributed by atoms with Crippen LogP contribution in [0.5, 0.6) is 0 Å². The molecule has 5 heteroatoms. The minimum atomic E-state index is 0.364. The van der Waals surface area contributed by atoms with Crippen molar-refractivity contribution in [3.63, 3.8) is 0 Å².